The van der Waals surface area contributed by atoms with Crippen LogP contribution in [0.25, 0.3) is 0 Å². The van der Waals surface area contributed by atoms with Gasteiger partial charge in [-0.15, -0.1) is 0 Å². The zero-order valence-corrected chi connectivity index (χ0v) is 14.2. The van der Waals surface area contributed by atoms with Crippen molar-refractivity contribution in [1.82, 2.24) is 20.0 Å². The summed E-state index contributed by atoms with van der Waals surface area (Å²) >= 11 is 0. The summed E-state index contributed by atoms with van der Waals surface area (Å²) in [5.74, 6) is 0.546. The third kappa shape index (κ3) is 3.06. The van der Waals surface area contributed by atoms with E-state index < -0.39 is 0 Å². The molecule has 0 bridgehead atoms. The molecule has 2 aromatic heterocycles. The molecule has 1 saturated heterocycles. The molecule has 132 valence electrons. The quantitative estimate of drug-likeness (QED) is 0.898. The molecule has 2 amide bonds. The molecule has 0 aromatic carbocycles. The van der Waals surface area contributed by atoms with Crippen LogP contribution in [-0.2, 0) is 23.2 Å². The molecule has 7 heteroatoms. The molecular weight excluding hydrogens is 320 g/mol. The Kier molecular flexibility index (Phi) is 4.07. The fourth-order valence-corrected chi connectivity index (χ4v) is 3.71. The van der Waals surface area contributed by atoms with E-state index in [9.17, 15) is 9.59 Å². The number of carbonyl (C=O) groups is 2. The molecular formula is C18H22N4O3. The molecule has 3 heterocycles. The van der Waals surface area contributed by atoms with Crippen molar-refractivity contribution in [3.05, 3.63) is 42.1 Å². The molecule has 0 unspecified atom stereocenters. The smallest absolute Gasteiger partial charge is 0.225 e. The fraction of sp³-hybridized carbons (Fsp3) is 0.500. The summed E-state index contributed by atoms with van der Waals surface area (Å²) in [4.78, 5) is 27.4. The van der Waals surface area contributed by atoms with Crippen molar-refractivity contribution in [1.29, 1.82) is 0 Å². The molecule has 1 aliphatic carbocycles. The van der Waals surface area contributed by atoms with Gasteiger partial charge in [0.2, 0.25) is 11.8 Å². The number of nitrogens with zero attached hydrogens (tertiary/aromatic N) is 3. The van der Waals surface area contributed by atoms with Gasteiger partial charge < -0.3 is 14.6 Å². The van der Waals surface area contributed by atoms with Gasteiger partial charge in [-0.1, -0.05) is 0 Å². The van der Waals surface area contributed by atoms with Crippen molar-refractivity contribution in [2.75, 3.05) is 0 Å². The fourth-order valence-electron chi connectivity index (χ4n) is 3.71. The average molecular weight is 342 g/mol. The van der Waals surface area contributed by atoms with Crippen molar-refractivity contribution < 1.29 is 14.0 Å². The Morgan fingerprint density at radius 2 is 2.20 bits per heavy atom. The minimum absolute atomic E-state index is 0.0410. The lowest BCUT2D eigenvalue weighted by Crippen LogP contribution is -2.49. The number of furan rings is 1. The standard InChI is InChI=1S/C18H22N4O3/c1-21-15(8-9-20-21)17-14(6-7-16(23)22(17)12-4-5-12)18(24)19-11-13-3-2-10-25-13/h2-3,8-10,12,14,17H,4-7,11H2,1H3,(H,19,24)/t14-,17-/m0/s1. The predicted octanol–water partition coefficient (Wildman–Crippen LogP) is 1.77. The SMILES string of the molecule is Cn1nccc1[C@@H]1[C@@H](C(=O)NCc2ccco2)CCC(=O)N1C1CC1. The number of nitrogens with one attached hydrogen (secondary N) is 1. The highest BCUT2D eigenvalue weighted by Gasteiger charge is 2.47. The molecule has 2 aromatic rings. The van der Waals surface area contributed by atoms with Gasteiger partial charge in [0.05, 0.1) is 30.5 Å². The molecule has 7 nitrogen and oxygen atoms in total. The molecule has 0 radical (unpaired) electrons. The molecule has 4 rings (SSSR count). The second-order valence-electron chi connectivity index (χ2n) is 6.80. The number of aryl methyl sites for hydroxylation is 1. The third-order valence-corrected chi connectivity index (χ3v) is 5.09. The summed E-state index contributed by atoms with van der Waals surface area (Å²) in [7, 11) is 1.86. The van der Waals surface area contributed by atoms with Crippen LogP contribution in [0.5, 0.6) is 0 Å². The summed E-state index contributed by atoms with van der Waals surface area (Å²) < 4.78 is 7.05. The lowest BCUT2D eigenvalue weighted by molar-refractivity contribution is -0.144. The lowest BCUT2D eigenvalue weighted by Gasteiger charge is -2.40. The molecule has 1 aliphatic heterocycles. The van der Waals surface area contributed by atoms with E-state index in [0.717, 1.165) is 24.3 Å². The Morgan fingerprint density at radius 1 is 1.36 bits per heavy atom. The van der Waals surface area contributed by atoms with E-state index >= 15 is 0 Å². The molecule has 0 spiro atoms. The molecule has 1 N–H and O–H groups in total. The Balaban J connectivity index is 1.58. The van der Waals surface area contributed by atoms with E-state index in [1.807, 2.05) is 24.1 Å². The van der Waals surface area contributed by atoms with Gasteiger partial charge in [0.25, 0.3) is 0 Å². The minimum Gasteiger partial charge on any atom is -0.467 e. The molecule has 2 atom stereocenters. The first-order chi connectivity index (χ1) is 12.1. The molecule has 2 aliphatic rings. The van der Waals surface area contributed by atoms with Gasteiger partial charge in [-0.25, -0.2) is 0 Å². The van der Waals surface area contributed by atoms with Crippen LogP contribution in [0.15, 0.2) is 35.1 Å². The second kappa shape index (κ2) is 6.38. The summed E-state index contributed by atoms with van der Waals surface area (Å²) in [5.41, 5.74) is 0.915. The average Bonchev–Trinajstić information content (AvgIpc) is 3.13. The maximum Gasteiger partial charge on any atom is 0.225 e. The maximum atomic E-state index is 12.9. The van der Waals surface area contributed by atoms with E-state index in [1.54, 1.807) is 23.2 Å². The van der Waals surface area contributed by atoms with Gasteiger partial charge in [0.1, 0.15) is 5.76 Å². The number of hydrogen-bond donors (Lipinski definition) is 1. The van der Waals surface area contributed by atoms with E-state index in [0.29, 0.717) is 19.4 Å². The number of carbonyl (C=O) groups excluding carboxylic acids is 2. The van der Waals surface area contributed by atoms with Crippen molar-refractivity contribution in [3.63, 3.8) is 0 Å². The number of likely N-dealkylation sites (tertiary alicyclic amines) is 1. The summed E-state index contributed by atoms with van der Waals surface area (Å²) in [6.07, 6.45) is 6.32. The van der Waals surface area contributed by atoms with E-state index in [1.165, 1.54) is 0 Å². The van der Waals surface area contributed by atoms with Crippen LogP contribution in [0.3, 0.4) is 0 Å². The van der Waals surface area contributed by atoms with Gasteiger partial charge in [0, 0.05) is 25.7 Å². The first-order valence-electron chi connectivity index (χ1n) is 8.74. The van der Waals surface area contributed by atoms with Crippen LogP contribution in [-0.4, -0.2) is 32.5 Å². The summed E-state index contributed by atoms with van der Waals surface area (Å²) in [5, 5.41) is 7.20. The van der Waals surface area contributed by atoms with Gasteiger partial charge in [-0.3, -0.25) is 14.3 Å². The highest BCUT2D eigenvalue weighted by molar-refractivity contribution is 5.85. The van der Waals surface area contributed by atoms with Crippen LogP contribution >= 0.6 is 0 Å². The molecule has 25 heavy (non-hydrogen) atoms. The maximum absolute atomic E-state index is 12.9. The number of rotatable bonds is 5. The predicted molar refractivity (Wildman–Crippen MR) is 89.1 cm³/mol. The van der Waals surface area contributed by atoms with Gasteiger partial charge in [-0.05, 0) is 37.5 Å². The Bertz CT molecular complexity index is 763. The zero-order chi connectivity index (χ0) is 17.4. The first kappa shape index (κ1) is 15.9. The van der Waals surface area contributed by atoms with Crippen LogP contribution in [0.2, 0.25) is 0 Å². The Hall–Kier alpha value is -2.57. The number of hydrogen-bond acceptors (Lipinski definition) is 4. The van der Waals surface area contributed by atoms with Crippen molar-refractivity contribution in [2.24, 2.45) is 13.0 Å². The monoisotopic (exact) mass is 342 g/mol. The zero-order valence-electron chi connectivity index (χ0n) is 14.2. The second-order valence-corrected chi connectivity index (χ2v) is 6.80. The van der Waals surface area contributed by atoms with E-state index in [-0.39, 0.29) is 29.8 Å². The number of piperidine rings is 1. The highest BCUT2D eigenvalue weighted by Crippen LogP contribution is 2.43. The minimum atomic E-state index is -0.274. The molecule has 1 saturated carbocycles. The van der Waals surface area contributed by atoms with Crippen LogP contribution in [0.1, 0.15) is 43.2 Å². The lowest BCUT2D eigenvalue weighted by atomic mass is 9.85. The third-order valence-electron chi connectivity index (χ3n) is 5.09. The number of aromatic nitrogens is 2. The van der Waals surface area contributed by atoms with Crippen LogP contribution < -0.4 is 5.32 Å². The first-order valence-corrected chi connectivity index (χ1v) is 8.74. The summed E-state index contributed by atoms with van der Waals surface area (Å²) in [6, 6.07) is 5.55. The van der Waals surface area contributed by atoms with E-state index in [4.69, 9.17) is 4.42 Å². The summed E-state index contributed by atoms with van der Waals surface area (Å²) in [6.45, 7) is 0.359. The van der Waals surface area contributed by atoms with Gasteiger partial charge >= 0.3 is 0 Å². The normalized spacial score (nSPS) is 23.7. The highest BCUT2D eigenvalue weighted by atomic mass is 16.3. The Morgan fingerprint density at radius 3 is 2.84 bits per heavy atom. The van der Waals surface area contributed by atoms with Gasteiger partial charge in [-0.2, -0.15) is 5.10 Å². The van der Waals surface area contributed by atoms with Crippen molar-refractivity contribution in [2.45, 2.75) is 44.3 Å². The van der Waals surface area contributed by atoms with Gasteiger partial charge in [0.15, 0.2) is 0 Å². The van der Waals surface area contributed by atoms with E-state index in [2.05, 4.69) is 10.4 Å². The van der Waals surface area contributed by atoms with Crippen LogP contribution in [0.4, 0.5) is 0 Å². The van der Waals surface area contributed by atoms with Crippen LogP contribution in [0, 0.1) is 5.92 Å². The Labute approximate surface area is 146 Å². The van der Waals surface area contributed by atoms with Crippen molar-refractivity contribution in [3.8, 4) is 0 Å². The number of amides is 2. The molecule has 2 fully saturated rings. The largest absolute Gasteiger partial charge is 0.467 e. The van der Waals surface area contributed by atoms with Crippen molar-refractivity contribution >= 4 is 11.8 Å². The topological polar surface area (TPSA) is 80.4 Å².